The second kappa shape index (κ2) is 4.61. The minimum atomic E-state index is -1.16. The van der Waals surface area contributed by atoms with Crippen LogP contribution in [0.3, 0.4) is 0 Å². The number of aromatic carboxylic acids is 1. The smallest absolute Gasteiger partial charge is 0.356 e. The van der Waals surface area contributed by atoms with Gasteiger partial charge < -0.3 is 10.8 Å². The van der Waals surface area contributed by atoms with Crippen LogP contribution in [0.1, 0.15) is 16.1 Å². The van der Waals surface area contributed by atoms with Gasteiger partial charge in [0.25, 0.3) is 0 Å². The number of hydrogen-bond donors (Lipinski definition) is 2. The van der Waals surface area contributed by atoms with Crippen molar-refractivity contribution in [3.8, 4) is 11.8 Å². The van der Waals surface area contributed by atoms with E-state index in [1.165, 1.54) is 12.3 Å². The molecule has 3 N–H and O–H groups in total. The number of halogens is 1. The van der Waals surface area contributed by atoms with Crippen molar-refractivity contribution in [2.45, 2.75) is 0 Å². The van der Waals surface area contributed by atoms with E-state index in [2.05, 4.69) is 16.8 Å². The highest BCUT2D eigenvalue weighted by Gasteiger charge is 2.09. The van der Waals surface area contributed by atoms with Gasteiger partial charge in [0.05, 0.1) is 11.6 Å². The van der Waals surface area contributed by atoms with Crippen LogP contribution in [0.5, 0.6) is 0 Å². The van der Waals surface area contributed by atoms with Gasteiger partial charge in [-0.15, -0.1) is 0 Å². The minimum absolute atomic E-state index is 0.0707. The van der Waals surface area contributed by atoms with E-state index in [9.17, 15) is 4.79 Å². The van der Waals surface area contributed by atoms with E-state index in [0.29, 0.717) is 5.56 Å². The first kappa shape index (κ1) is 10.5. The van der Waals surface area contributed by atoms with Gasteiger partial charge in [0.2, 0.25) is 0 Å². The van der Waals surface area contributed by atoms with Crippen LogP contribution in [0, 0.1) is 11.8 Å². The molecule has 5 heteroatoms. The summed E-state index contributed by atoms with van der Waals surface area (Å²) in [4.78, 5) is 14.2. The number of pyridine rings is 1. The fraction of sp³-hybridized carbons (Fsp3) is 0.111. The number of carboxylic acid groups (broad SMARTS) is 1. The van der Waals surface area contributed by atoms with Gasteiger partial charge in [0.1, 0.15) is 0 Å². The lowest BCUT2D eigenvalue weighted by atomic mass is 10.2. The van der Waals surface area contributed by atoms with Crippen molar-refractivity contribution < 1.29 is 9.90 Å². The number of carbonyl (C=O) groups is 1. The SMILES string of the molecule is NCC#Cc1cnc(C(=O)O)c(Cl)c1. The van der Waals surface area contributed by atoms with Crippen molar-refractivity contribution in [1.82, 2.24) is 4.98 Å². The molecule has 0 radical (unpaired) electrons. The molecule has 72 valence electrons. The predicted molar refractivity (Wildman–Crippen MR) is 52.1 cm³/mol. The molecular formula is C9H7ClN2O2. The summed E-state index contributed by atoms with van der Waals surface area (Å²) in [5.74, 6) is 4.15. The van der Waals surface area contributed by atoms with E-state index in [-0.39, 0.29) is 17.3 Å². The molecule has 0 aliphatic carbocycles. The van der Waals surface area contributed by atoms with Crippen LogP contribution >= 0.6 is 11.6 Å². The van der Waals surface area contributed by atoms with Gasteiger partial charge in [-0.1, -0.05) is 23.4 Å². The molecule has 14 heavy (non-hydrogen) atoms. The maximum atomic E-state index is 10.5. The predicted octanol–water partition coefficient (Wildman–Crippen LogP) is 0.743. The zero-order valence-electron chi connectivity index (χ0n) is 7.12. The summed E-state index contributed by atoms with van der Waals surface area (Å²) in [5.41, 5.74) is 5.54. The maximum Gasteiger partial charge on any atom is 0.356 e. The average molecular weight is 211 g/mol. The zero-order valence-corrected chi connectivity index (χ0v) is 7.88. The molecule has 0 aliphatic rings. The minimum Gasteiger partial charge on any atom is -0.476 e. The van der Waals surface area contributed by atoms with Crippen LogP contribution in [0.15, 0.2) is 12.3 Å². The molecule has 1 heterocycles. The van der Waals surface area contributed by atoms with Crippen LogP contribution in [-0.2, 0) is 0 Å². The van der Waals surface area contributed by atoms with E-state index in [1.54, 1.807) is 0 Å². The Hall–Kier alpha value is -1.57. The van der Waals surface area contributed by atoms with E-state index < -0.39 is 5.97 Å². The van der Waals surface area contributed by atoms with Crippen LogP contribution in [0.4, 0.5) is 0 Å². The van der Waals surface area contributed by atoms with Gasteiger partial charge >= 0.3 is 5.97 Å². The summed E-state index contributed by atoms with van der Waals surface area (Å²) in [6.45, 7) is 0.234. The van der Waals surface area contributed by atoms with Crippen LogP contribution < -0.4 is 5.73 Å². The van der Waals surface area contributed by atoms with Crippen molar-refractivity contribution >= 4 is 17.6 Å². The van der Waals surface area contributed by atoms with Gasteiger partial charge in [-0.2, -0.15) is 0 Å². The number of carboxylic acids is 1. The molecule has 0 saturated carbocycles. The molecule has 1 rings (SSSR count). The molecule has 0 amide bonds. The first-order valence-corrected chi connectivity index (χ1v) is 4.10. The van der Waals surface area contributed by atoms with Gasteiger partial charge in [-0.3, -0.25) is 0 Å². The van der Waals surface area contributed by atoms with Crippen molar-refractivity contribution in [3.05, 3.63) is 28.5 Å². The Balaban J connectivity index is 3.06. The number of hydrogen-bond acceptors (Lipinski definition) is 3. The first-order valence-electron chi connectivity index (χ1n) is 3.73. The lowest BCUT2D eigenvalue weighted by Crippen LogP contribution is -2.01. The fourth-order valence-electron chi connectivity index (χ4n) is 0.817. The zero-order chi connectivity index (χ0) is 10.6. The third-order valence-electron chi connectivity index (χ3n) is 1.38. The van der Waals surface area contributed by atoms with Gasteiger partial charge in [0, 0.05) is 11.8 Å². The van der Waals surface area contributed by atoms with Gasteiger partial charge in [0.15, 0.2) is 5.69 Å². The van der Waals surface area contributed by atoms with Gasteiger partial charge in [-0.25, -0.2) is 9.78 Å². The summed E-state index contributed by atoms with van der Waals surface area (Å²) in [6.07, 6.45) is 1.35. The van der Waals surface area contributed by atoms with E-state index in [4.69, 9.17) is 22.4 Å². The Morgan fingerprint density at radius 2 is 2.43 bits per heavy atom. The summed E-state index contributed by atoms with van der Waals surface area (Å²) >= 11 is 5.66. The van der Waals surface area contributed by atoms with Crippen LogP contribution in [0.25, 0.3) is 0 Å². The Kier molecular flexibility index (Phi) is 3.46. The standard InChI is InChI=1S/C9H7ClN2O2/c10-7-4-6(2-1-3-11)5-12-8(7)9(13)14/h4-5H,3,11H2,(H,13,14). The molecule has 1 aromatic rings. The highest BCUT2D eigenvalue weighted by molar-refractivity contribution is 6.33. The number of rotatable bonds is 1. The van der Waals surface area contributed by atoms with Crippen molar-refractivity contribution in [2.75, 3.05) is 6.54 Å². The third kappa shape index (κ3) is 2.46. The van der Waals surface area contributed by atoms with E-state index >= 15 is 0 Å². The Bertz CT molecular complexity index is 421. The molecule has 0 aliphatic heterocycles. The molecule has 0 saturated heterocycles. The molecule has 0 spiro atoms. The highest BCUT2D eigenvalue weighted by Crippen LogP contribution is 2.14. The monoisotopic (exact) mass is 210 g/mol. The molecular weight excluding hydrogens is 204 g/mol. The Labute approximate surface area is 85.7 Å². The van der Waals surface area contributed by atoms with Crippen LogP contribution in [-0.4, -0.2) is 22.6 Å². The lowest BCUT2D eigenvalue weighted by molar-refractivity contribution is 0.0690. The number of aromatic nitrogens is 1. The number of nitrogens with two attached hydrogens (primary N) is 1. The van der Waals surface area contributed by atoms with E-state index in [1.807, 2.05) is 0 Å². The second-order valence-electron chi connectivity index (χ2n) is 2.37. The van der Waals surface area contributed by atoms with Gasteiger partial charge in [-0.05, 0) is 6.07 Å². The quantitative estimate of drug-likeness (QED) is 0.671. The summed E-state index contributed by atoms with van der Waals surface area (Å²) < 4.78 is 0. The van der Waals surface area contributed by atoms with Crippen molar-refractivity contribution in [3.63, 3.8) is 0 Å². The summed E-state index contributed by atoms with van der Waals surface area (Å²) in [5, 5.41) is 8.70. The molecule has 0 atom stereocenters. The molecule has 1 aromatic heterocycles. The van der Waals surface area contributed by atoms with Crippen molar-refractivity contribution in [2.24, 2.45) is 5.73 Å². The first-order chi connectivity index (χ1) is 6.65. The molecule has 0 aromatic carbocycles. The summed E-state index contributed by atoms with van der Waals surface area (Å²) in [7, 11) is 0. The summed E-state index contributed by atoms with van der Waals surface area (Å²) in [6, 6.07) is 1.45. The average Bonchev–Trinajstić information content (AvgIpc) is 2.14. The second-order valence-corrected chi connectivity index (χ2v) is 2.77. The Morgan fingerprint density at radius 3 is 2.93 bits per heavy atom. The maximum absolute atomic E-state index is 10.5. The van der Waals surface area contributed by atoms with Crippen molar-refractivity contribution in [1.29, 1.82) is 0 Å². The Morgan fingerprint density at radius 1 is 1.71 bits per heavy atom. The third-order valence-corrected chi connectivity index (χ3v) is 1.67. The van der Waals surface area contributed by atoms with Crippen LogP contribution in [0.2, 0.25) is 5.02 Å². The topological polar surface area (TPSA) is 76.2 Å². The highest BCUT2D eigenvalue weighted by atomic mass is 35.5. The fourth-order valence-corrected chi connectivity index (χ4v) is 1.06. The molecule has 0 bridgehead atoms. The largest absolute Gasteiger partial charge is 0.476 e. The molecule has 4 nitrogen and oxygen atoms in total. The molecule has 0 unspecified atom stereocenters. The lowest BCUT2D eigenvalue weighted by Gasteiger charge is -1.97. The van der Waals surface area contributed by atoms with E-state index in [0.717, 1.165) is 0 Å². The normalized spacial score (nSPS) is 9.00. The number of nitrogens with zero attached hydrogens (tertiary/aromatic N) is 1. The molecule has 0 fully saturated rings.